The van der Waals surface area contributed by atoms with Crippen LogP contribution in [0, 0.1) is 6.92 Å². The van der Waals surface area contributed by atoms with Crippen LogP contribution >= 0.6 is 11.3 Å². The lowest BCUT2D eigenvalue weighted by Gasteiger charge is -2.05. The van der Waals surface area contributed by atoms with E-state index >= 15 is 0 Å². The van der Waals surface area contributed by atoms with Crippen molar-refractivity contribution in [1.29, 1.82) is 0 Å². The van der Waals surface area contributed by atoms with Crippen molar-refractivity contribution in [1.82, 2.24) is 15.6 Å². The summed E-state index contributed by atoms with van der Waals surface area (Å²) in [5.74, 6) is -1.90. The van der Waals surface area contributed by atoms with Gasteiger partial charge in [0, 0.05) is 11.1 Å². The minimum atomic E-state index is -1.18. The summed E-state index contributed by atoms with van der Waals surface area (Å²) in [6.07, 6.45) is 0. The topological polar surface area (TPSA) is 118 Å². The molecule has 0 spiro atoms. The molecule has 0 radical (unpaired) electrons. The predicted octanol–water partition coefficient (Wildman–Crippen LogP) is -0.121. The van der Waals surface area contributed by atoms with Gasteiger partial charge in [-0.2, -0.15) is 0 Å². The van der Waals surface area contributed by atoms with Crippen molar-refractivity contribution in [2.75, 3.05) is 13.2 Å². The van der Waals surface area contributed by atoms with Gasteiger partial charge in [0.15, 0.2) is 0 Å². The monoisotopic (exact) mass is 287 g/mol. The number of aryl methyl sites for hydroxylation is 1. The zero-order valence-corrected chi connectivity index (χ0v) is 11.0. The van der Waals surface area contributed by atoms with E-state index in [0.29, 0.717) is 0 Å². The fraction of sp³-hybridized carbons (Fsp3) is 0.400. The van der Waals surface area contributed by atoms with Gasteiger partial charge in [-0.15, -0.1) is 11.3 Å². The molecule has 0 saturated carbocycles. The Morgan fingerprint density at radius 1 is 1.42 bits per heavy atom. The van der Waals surface area contributed by atoms with E-state index in [1.165, 1.54) is 11.3 Å². The number of rotatable bonds is 6. The Morgan fingerprint density at radius 2 is 2.16 bits per heavy atom. The number of urea groups is 1. The molecular weight excluding hydrogens is 274 g/mol. The number of carbonyl (C=O) groups is 3. The highest BCUT2D eigenvalue weighted by Gasteiger charge is 2.09. The van der Waals surface area contributed by atoms with Crippen molar-refractivity contribution in [3.63, 3.8) is 0 Å². The van der Waals surface area contributed by atoms with Crippen molar-refractivity contribution in [3.05, 3.63) is 16.1 Å². The number of imide groups is 1. The summed E-state index contributed by atoms with van der Waals surface area (Å²) in [4.78, 5) is 36.7. The molecule has 3 N–H and O–H groups in total. The lowest BCUT2D eigenvalue weighted by atomic mass is 10.5. The molecule has 1 rings (SSSR count). The smallest absolute Gasteiger partial charge is 0.329 e. The molecule has 0 bridgehead atoms. The zero-order chi connectivity index (χ0) is 14.3. The van der Waals surface area contributed by atoms with E-state index < -0.39 is 31.1 Å². The third-order valence-electron chi connectivity index (χ3n) is 1.78. The third-order valence-corrected chi connectivity index (χ3v) is 2.75. The number of aliphatic carboxylic acids is 1. The lowest BCUT2D eigenvalue weighted by Crippen LogP contribution is -2.41. The van der Waals surface area contributed by atoms with E-state index in [0.717, 1.165) is 10.7 Å². The van der Waals surface area contributed by atoms with Crippen molar-refractivity contribution in [3.8, 4) is 0 Å². The Kier molecular flexibility index (Phi) is 5.90. The van der Waals surface area contributed by atoms with Crippen LogP contribution in [0.5, 0.6) is 0 Å². The fourth-order valence-electron chi connectivity index (χ4n) is 1.08. The predicted molar refractivity (Wildman–Crippen MR) is 65.7 cm³/mol. The fourth-order valence-corrected chi connectivity index (χ4v) is 1.79. The van der Waals surface area contributed by atoms with Crippen molar-refractivity contribution in [2.24, 2.45) is 0 Å². The van der Waals surface area contributed by atoms with Gasteiger partial charge in [-0.05, 0) is 6.92 Å². The van der Waals surface area contributed by atoms with E-state index in [2.05, 4.69) is 15.0 Å². The molecule has 0 unspecified atom stereocenters. The maximum atomic E-state index is 11.3. The van der Waals surface area contributed by atoms with Crippen LogP contribution in [0.4, 0.5) is 4.79 Å². The van der Waals surface area contributed by atoms with E-state index in [9.17, 15) is 14.4 Å². The van der Waals surface area contributed by atoms with Gasteiger partial charge in [-0.3, -0.25) is 10.1 Å². The van der Waals surface area contributed by atoms with Crippen molar-refractivity contribution < 1.29 is 24.2 Å². The first-order valence-corrected chi connectivity index (χ1v) is 6.13. The number of thiazole rings is 1. The summed E-state index contributed by atoms with van der Waals surface area (Å²) < 4.78 is 4.52. The number of carbonyl (C=O) groups excluding carboxylic acids is 2. The van der Waals surface area contributed by atoms with E-state index in [-0.39, 0.29) is 6.54 Å². The van der Waals surface area contributed by atoms with Gasteiger partial charge in [0.25, 0.3) is 5.91 Å². The Balaban J connectivity index is 2.19. The molecule has 0 fully saturated rings. The zero-order valence-electron chi connectivity index (χ0n) is 10.1. The normalized spacial score (nSPS) is 9.95. The summed E-state index contributed by atoms with van der Waals surface area (Å²) in [7, 11) is 0. The summed E-state index contributed by atoms with van der Waals surface area (Å²) >= 11 is 1.40. The number of amides is 3. The first-order chi connectivity index (χ1) is 8.97. The van der Waals surface area contributed by atoms with Gasteiger partial charge in [0.05, 0.1) is 6.54 Å². The average Bonchev–Trinajstić information content (AvgIpc) is 2.72. The second kappa shape index (κ2) is 7.44. The second-order valence-corrected chi connectivity index (χ2v) is 4.44. The standard InChI is InChI=1S/C10H13N3O5S/c1-6-5-19-8(12-6)2-11-10(17)13-7(14)3-18-4-9(15)16/h5H,2-4H2,1H3,(H,15,16)(H2,11,13,14,17). The van der Waals surface area contributed by atoms with Crippen LogP contribution in [-0.4, -0.2) is 41.2 Å². The van der Waals surface area contributed by atoms with Crippen LogP contribution in [0.25, 0.3) is 0 Å². The van der Waals surface area contributed by atoms with E-state index in [4.69, 9.17) is 5.11 Å². The Morgan fingerprint density at radius 3 is 2.74 bits per heavy atom. The quantitative estimate of drug-likeness (QED) is 0.671. The maximum absolute atomic E-state index is 11.3. The van der Waals surface area contributed by atoms with Gasteiger partial charge >= 0.3 is 12.0 Å². The van der Waals surface area contributed by atoms with Gasteiger partial charge < -0.3 is 15.2 Å². The van der Waals surface area contributed by atoms with Crippen molar-refractivity contribution >= 4 is 29.2 Å². The van der Waals surface area contributed by atoms with Gasteiger partial charge in [-0.25, -0.2) is 14.6 Å². The number of aromatic nitrogens is 1. The Labute approximate surface area is 112 Å². The Hall–Kier alpha value is -2.00. The number of hydrogen-bond acceptors (Lipinski definition) is 6. The number of ether oxygens (including phenoxy) is 1. The summed E-state index contributed by atoms with van der Waals surface area (Å²) in [6.45, 7) is 0.973. The third kappa shape index (κ3) is 6.48. The van der Waals surface area contributed by atoms with Crippen LogP contribution < -0.4 is 10.6 Å². The highest BCUT2D eigenvalue weighted by Crippen LogP contribution is 2.07. The van der Waals surface area contributed by atoms with Crippen LogP contribution in [-0.2, 0) is 20.9 Å². The van der Waals surface area contributed by atoms with Crippen LogP contribution in [0.1, 0.15) is 10.7 Å². The number of hydrogen-bond donors (Lipinski definition) is 3. The molecular formula is C10H13N3O5S. The Bertz CT molecular complexity index is 473. The molecule has 0 aliphatic rings. The van der Waals surface area contributed by atoms with Crippen LogP contribution in [0.3, 0.4) is 0 Å². The minimum Gasteiger partial charge on any atom is -0.480 e. The summed E-state index contributed by atoms with van der Waals surface area (Å²) in [5, 5.41) is 15.3. The first-order valence-electron chi connectivity index (χ1n) is 5.25. The van der Waals surface area contributed by atoms with Crippen LogP contribution in [0.15, 0.2) is 5.38 Å². The highest BCUT2D eigenvalue weighted by molar-refractivity contribution is 7.09. The molecule has 0 aromatic carbocycles. The molecule has 1 aromatic rings. The largest absolute Gasteiger partial charge is 0.480 e. The molecule has 1 aromatic heterocycles. The minimum absolute atomic E-state index is 0.216. The maximum Gasteiger partial charge on any atom is 0.329 e. The molecule has 0 atom stereocenters. The molecule has 9 heteroatoms. The number of nitrogens with zero attached hydrogens (tertiary/aromatic N) is 1. The second-order valence-electron chi connectivity index (χ2n) is 3.50. The SMILES string of the molecule is Cc1csc(CNC(=O)NC(=O)COCC(=O)O)n1. The summed E-state index contributed by atoms with van der Waals surface area (Å²) in [6, 6.07) is -0.684. The molecule has 104 valence electrons. The molecule has 19 heavy (non-hydrogen) atoms. The van der Waals surface area contributed by atoms with E-state index in [1.54, 1.807) is 0 Å². The van der Waals surface area contributed by atoms with Crippen molar-refractivity contribution in [2.45, 2.75) is 13.5 Å². The molecule has 3 amide bonds. The first kappa shape index (κ1) is 15.1. The summed E-state index contributed by atoms with van der Waals surface area (Å²) in [5.41, 5.74) is 0.861. The van der Waals surface area contributed by atoms with Crippen LogP contribution in [0.2, 0.25) is 0 Å². The van der Waals surface area contributed by atoms with Gasteiger partial charge in [0.2, 0.25) is 0 Å². The number of carboxylic acids is 1. The molecule has 0 aliphatic carbocycles. The molecule has 8 nitrogen and oxygen atoms in total. The van der Waals surface area contributed by atoms with Gasteiger partial charge in [-0.1, -0.05) is 0 Å². The number of carboxylic acid groups (broad SMARTS) is 1. The molecule has 0 aliphatic heterocycles. The lowest BCUT2D eigenvalue weighted by molar-refractivity contribution is -0.143. The van der Waals surface area contributed by atoms with Gasteiger partial charge in [0.1, 0.15) is 18.2 Å². The molecule has 0 saturated heterocycles. The average molecular weight is 287 g/mol. The highest BCUT2D eigenvalue weighted by atomic mass is 32.1. The molecule has 1 heterocycles. The van der Waals surface area contributed by atoms with E-state index in [1.807, 2.05) is 17.6 Å². The number of nitrogens with one attached hydrogen (secondary N) is 2.